The summed E-state index contributed by atoms with van der Waals surface area (Å²) in [7, 11) is 1.80. The fraction of sp³-hybridized carbons (Fsp3) is 0.167. The van der Waals surface area contributed by atoms with Gasteiger partial charge in [0.15, 0.2) is 0 Å². The Morgan fingerprint density at radius 3 is 2.44 bits per heavy atom. The lowest BCUT2D eigenvalue weighted by Gasteiger charge is -2.17. The Morgan fingerprint density at radius 2 is 1.81 bits per heavy atom. The van der Waals surface area contributed by atoms with E-state index in [2.05, 4.69) is 15.3 Å². The zero-order valence-electron chi connectivity index (χ0n) is 8.89. The zero-order chi connectivity index (χ0) is 11.4. The minimum Gasteiger partial charge on any atom is -0.309 e. The third kappa shape index (κ3) is 2.06. The maximum absolute atomic E-state index is 13.6. The molecule has 1 unspecified atom stereocenters. The van der Waals surface area contributed by atoms with Crippen LogP contribution < -0.4 is 5.32 Å². The molecule has 1 atom stereocenters. The minimum atomic E-state index is -0.307. The lowest BCUT2D eigenvalue weighted by Crippen LogP contribution is -2.19. The summed E-state index contributed by atoms with van der Waals surface area (Å²) in [4.78, 5) is 7.68. The highest BCUT2D eigenvalue weighted by Crippen LogP contribution is 2.22. The summed E-state index contributed by atoms with van der Waals surface area (Å²) in [5.74, 6) is -0.307. The molecular formula is C12H12FN3. The highest BCUT2D eigenvalue weighted by molar-refractivity contribution is 5.29. The molecule has 2 heterocycles. The van der Waals surface area contributed by atoms with Gasteiger partial charge in [-0.15, -0.1) is 0 Å². The van der Waals surface area contributed by atoms with E-state index in [1.54, 1.807) is 31.7 Å². The summed E-state index contributed by atoms with van der Waals surface area (Å²) >= 11 is 0. The third-order valence-electron chi connectivity index (χ3n) is 2.44. The quantitative estimate of drug-likeness (QED) is 0.853. The first kappa shape index (κ1) is 10.7. The molecule has 0 aliphatic rings. The van der Waals surface area contributed by atoms with Gasteiger partial charge >= 0.3 is 0 Å². The molecule has 0 aliphatic carbocycles. The Kier molecular flexibility index (Phi) is 3.22. The van der Waals surface area contributed by atoms with Crippen LogP contribution in [0.3, 0.4) is 0 Å². The molecule has 1 N–H and O–H groups in total. The van der Waals surface area contributed by atoms with Gasteiger partial charge in [0.2, 0.25) is 0 Å². The van der Waals surface area contributed by atoms with Gasteiger partial charge < -0.3 is 5.32 Å². The van der Waals surface area contributed by atoms with Gasteiger partial charge in [0.25, 0.3) is 0 Å². The van der Waals surface area contributed by atoms with E-state index >= 15 is 0 Å². The monoisotopic (exact) mass is 217 g/mol. The van der Waals surface area contributed by atoms with Crippen molar-refractivity contribution in [2.75, 3.05) is 7.05 Å². The molecule has 2 rings (SSSR count). The maximum atomic E-state index is 13.6. The van der Waals surface area contributed by atoms with E-state index in [1.807, 2.05) is 12.1 Å². The van der Waals surface area contributed by atoms with Crippen LogP contribution in [0.5, 0.6) is 0 Å². The molecule has 82 valence electrons. The fourth-order valence-corrected chi connectivity index (χ4v) is 1.68. The van der Waals surface area contributed by atoms with Crippen molar-refractivity contribution in [2.24, 2.45) is 0 Å². The van der Waals surface area contributed by atoms with Crippen LogP contribution in [0, 0.1) is 5.82 Å². The van der Waals surface area contributed by atoms with Crippen molar-refractivity contribution in [3.63, 3.8) is 0 Å². The number of nitrogens with one attached hydrogen (secondary N) is 1. The molecule has 0 fully saturated rings. The Bertz CT molecular complexity index is 459. The summed E-state index contributed by atoms with van der Waals surface area (Å²) in [6, 6.07) is 5.23. The van der Waals surface area contributed by atoms with Crippen molar-refractivity contribution >= 4 is 0 Å². The topological polar surface area (TPSA) is 37.8 Å². The van der Waals surface area contributed by atoms with E-state index in [1.165, 1.54) is 6.20 Å². The second-order valence-corrected chi connectivity index (χ2v) is 3.40. The standard InChI is InChI=1S/C12H12FN3/c1-14-12(9-2-5-15-6-3-9)10-4-7-16-8-11(10)13/h2-8,12,14H,1H3. The number of rotatable bonds is 3. The maximum Gasteiger partial charge on any atom is 0.146 e. The van der Waals surface area contributed by atoms with E-state index in [0.29, 0.717) is 5.56 Å². The highest BCUT2D eigenvalue weighted by atomic mass is 19.1. The van der Waals surface area contributed by atoms with Crippen LogP contribution in [0.2, 0.25) is 0 Å². The van der Waals surface area contributed by atoms with Crippen molar-refractivity contribution in [3.05, 3.63) is 59.9 Å². The summed E-state index contributed by atoms with van der Waals surface area (Å²) < 4.78 is 13.6. The molecule has 0 saturated heterocycles. The average Bonchev–Trinajstić information content (AvgIpc) is 2.34. The van der Waals surface area contributed by atoms with Crippen LogP contribution in [0.1, 0.15) is 17.2 Å². The van der Waals surface area contributed by atoms with Crippen molar-refractivity contribution in [3.8, 4) is 0 Å². The summed E-state index contributed by atoms with van der Waals surface area (Å²) in [6.45, 7) is 0. The van der Waals surface area contributed by atoms with Crippen LogP contribution in [0.4, 0.5) is 4.39 Å². The van der Waals surface area contributed by atoms with Crippen molar-refractivity contribution < 1.29 is 4.39 Å². The van der Waals surface area contributed by atoms with Gasteiger partial charge in [-0.1, -0.05) is 0 Å². The lowest BCUT2D eigenvalue weighted by molar-refractivity contribution is 0.570. The minimum absolute atomic E-state index is 0.175. The number of hydrogen-bond donors (Lipinski definition) is 1. The van der Waals surface area contributed by atoms with E-state index in [-0.39, 0.29) is 11.9 Å². The van der Waals surface area contributed by atoms with Crippen LogP contribution >= 0.6 is 0 Å². The molecule has 0 spiro atoms. The Labute approximate surface area is 93.4 Å². The number of halogens is 1. The zero-order valence-corrected chi connectivity index (χ0v) is 8.89. The Balaban J connectivity index is 2.41. The predicted octanol–water partition coefficient (Wildman–Crippen LogP) is 1.92. The molecule has 2 aromatic rings. The average molecular weight is 217 g/mol. The fourth-order valence-electron chi connectivity index (χ4n) is 1.68. The second-order valence-electron chi connectivity index (χ2n) is 3.40. The normalized spacial score (nSPS) is 12.4. The molecule has 4 heteroatoms. The van der Waals surface area contributed by atoms with Gasteiger partial charge in [-0.25, -0.2) is 4.39 Å². The lowest BCUT2D eigenvalue weighted by atomic mass is 10.0. The Hall–Kier alpha value is -1.81. The molecular weight excluding hydrogens is 205 g/mol. The number of aromatic nitrogens is 2. The van der Waals surface area contributed by atoms with Crippen LogP contribution in [0.15, 0.2) is 43.0 Å². The first-order valence-corrected chi connectivity index (χ1v) is 4.99. The molecule has 0 aliphatic heterocycles. The number of pyridine rings is 2. The third-order valence-corrected chi connectivity index (χ3v) is 2.44. The van der Waals surface area contributed by atoms with E-state index in [9.17, 15) is 4.39 Å². The van der Waals surface area contributed by atoms with E-state index in [4.69, 9.17) is 0 Å². The van der Waals surface area contributed by atoms with Crippen molar-refractivity contribution in [1.29, 1.82) is 0 Å². The summed E-state index contributed by atoms with van der Waals surface area (Å²) in [6.07, 6.45) is 6.20. The first-order valence-electron chi connectivity index (χ1n) is 4.99. The van der Waals surface area contributed by atoms with Crippen LogP contribution in [-0.4, -0.2) is 17.0 Å². The van der Waals surface area contributed by atoms with Crippen LogP contribution in [0.25, 0.3) is 0 Å². The molecule has 0 amide bonds. The van der Waals surface area contributed by atoms with Gasteiger partial charge in [-0.05, 0) is 30.8 Å². The van der Waals surface area contributed by atoms with Crippen molar-refractivity contribution in [2.45, 2.75) is 6.04 Å². The second kappa shape index (κ2) is 4.81. The van der Waals surface area contributed by atoms with Gasteiger partial charge in [-0.2, -0.15) is 0 Å². The molecule has 2 aromatic heterocycles. The number of hydrogen-bond acceptors (Lipinski definition) is 3. The van der Waals surface area contributed by atoms with Gasteiger partial charge in [-0.3, -0.25) is 9.97 Å². The molecule has 0 aromatic carbocycles. The molecule has 0 bridgehead atoms. The molecule has 0 radical (unpaired) electrons. The molecule has 16 heavy (non-hydrogen) atoms. The van der Waals surface area contributed by atoms with Crippen molar-refractivity contribution in [1.82, 2.24) is 15.3 Å². The predicted molar refractivity (Wildman–Crippen MR) is 59.3 cm³/mol. The smallest absolute Gasteiger partial charge is 0.146 e. The summed E-state index contributed by atoms with van der Waals surface area (Å²) in [5, 5.41) is 3.08. The first-order chi connectivity index (χ1) is 7.83. The van der Waals surface area contributed by atoms with Gasteiger partial charge in [0, 0.05) is 24.2 Å². The van der Waals surface area contributed by atoms with E-state index < -0.39 is 0 Å². The highest BCUT2D eigenvalue weighted by Gasteiger charge is 2.15. The Morgan fingerprint density at radius 1 is 1.12 bits per heavy atom. The molecule has 0 saturated carbocycles. The molecule has 3 nitrogen and oxygen atoms in total. The SMILES string of the molecule is CNC(c1ccncc1)c1ccncc1F. The van der Waals surface area contributed by atoms with E-state index in [0.717, 1.165) is 5.56 Å². The van der Waals surface area contributed by atoms with Crippen LogP contribution in [-0.2, 0) is 0 Å². The summed E-state index contributed by atoms with van der Waals surface area (Å²) in [5.41, 5.74) is 1.56. The van der Waals surface area contributed by atoms with Gasteiger partial charge in [0.05, 0.1) is 12.2 Å². The van der Waals surface area contributed by atoms with Gasteiger partial charge in [0.1, 0.15) is 5.82 Å². The largest absolute Gasteiger partial charge is 0.309 e. The number of nitrogens with zero attached hydrogens (tertiary/aromatic N) is 2.